The molecule has 0 atom stereocenters. The Hall–Kier alpha value is -3.94. The van der Waals surface area contributed by atoms with Crippen LogP contribution in [-0.2, 0) is 5.60 Å². The Morgan fingerprint density at radius 1 is 0.406 bits per heavy atom. The first-order valence-corrected chi connectivity index (χ1v) is 11.0. The van der Waals surface area contributed by atoms with Crippen LogP contribution in [0.15, 0.2) is 115 Å². The molecule has 0 saturated heterocycles. The molecular weight excluding hydrogens is 388 g/mol. The van der Waals surface area contributed by atoms with Crippen molar-refractivity contribution in [2.45, 2.75) is 5.60 Å². The fourth-order valence-electron chi connectivity index (χ4n) is 5.40. The molecule has 7 rings (SSSR count). The van der Waals surface area contributed by atoms with Crippen molar-refractivity contribution in [3.8, 4) is 11.1 Å². The molecule has 0 fully saturated rings. The summed E-state index contributed by atoms with van der Waals surface area (Å²) in [6.45, 7) is 0. The van der Waals surface area contributed by atoms with Gasteiger partial charge in [-0.15, -0.1) is 0 Å². The predicted molar refractivity (Wildman–Crippen MR) is 133 cm³/mol. The monoisotopic (exact) mass is 408 g/mol. The largest absolute Gasteiger partial charge is 0.376 e. The first-order chi connectivity index (χ1) is 15.7. The van der Waals surface area contributed by atoms with Crippen LogP contribution in [0.3, 0.4) is 0 Å². The van der Waals surface area contributed by atoms with Gasteiger partial charge in [0, 0.05) is 11.1 Å². The molecule has 0 amide bonds. The number of hydrogen-bond donors (Lipinski definition) is 1. The molecule has 0 spiro atoms. The summed E-state index contributed by atoms with van der Waals surface area (Å²) in [7, 11) is 0. The molecule has 1 aliphatic rings. The van der Waals surface area contributed by atoms with E-state index in [0.717, 1.165) is 44.0 Å². The summed E-state index contributed by atoms with van der Waals surface area (Å²) in [5, 5.41) is 19.5. The maximum Gasteiger partial charge on any atom is 0.141 e. The Bertz CT molecular complexity index is 1610. The van der Waals surface area contributed by atoms with Crippen LogP contribution in [0.5, 0.6) is 0 Å². The molecule has 0 radical (unpaired) electrons. The minimum atomic E-state index is -1.21. The number of aliphatic hydroxyl groups is 1. The summed E-state index contributed by atoms with van der Waals surface area (Å²) in [6.07, 6.45) is 0. The van der Waals surface area contributed by atoms with Gasteiger partial charge in [-0.1, -0.05) is 84.9 Å². The Kier molecular flexibility index (Phi) is 3.48. The maximum absolute atomic E-state index is 12.5. The molecule has 150 valence electrons. The average molecular weight is 409 g/mol. The normalized spacial score (nSPS) is 14.0. The van der Waals surface area contributed by atoms with Crippen molar-refractivity contribution in [1.29, 1.82) is 0 Å². The zero-order valence-electron chi connectivity index (χ0n) is 17.4. The van der Waals surface area contributed by atoms with Gasteiger partial charge in [0.05, 0.1) is 0 Å². The lowest BCUT2D eigenvalue weighted by Crippen LogP contribution is -2.26. The van der Waals surface area contributed by atoms with Gasteiger partial charge in [-0.25, -0.2) is 0 Å². The molecule has 0 bridgehead atoms. The standard InChI is InChI=1S/C31H20O/c32-31(26-14-13-20-7-1-2-8-21(20)15-26)29-18-24-11-5-3-9-22(24)16-27(29)28-17-23-10-4-6-12-25(23)19-30(28)31/h1-19,32H. The summed E-state index contributed by atoms with van der Waals surface area (Å²) < 4.78 is 0. The molecule has 32 heavy (non-hydrogen) atoms. The third-order valence-corrected chi connectivity index (χ3v) is 7.01. The van der Waals surface area contributed by atoms with Crippen LogP contribution >= 0.6 is 0 Å². The van der Waals surface area contributed by atoms with E-state index in [2.05, 4.69) is 109 Å². The highest BCUT2D eigenvalue weighted by Crippen LogP contribution is 2.53. The van der Waals surface area contributed by atoms with Gasteiger partial charge in [-0.3, -0.25) is 0 Å². The second kappa shape index (κ2) is 6.29. The van der Waals surface area contributed by atoms with Crippen molar-refractivity contribution in [3.63, 3.8) is 0 Å². The predicted octanol–water partition coefficient (Wildman–Crippen LogP) is 7.41. The van der Waals surface area contributed by atoms with Crippen molar-refractivity contribution in [3.05, 3.63) is 132 Å². The van der Waals surface area contributed by atoms with E-state index in [1.165, 1.54) is 16.2 Å². The zero-order chi connectivity index (χ0) is 21.3. The van der Waals surface area contributed by atoms with Crippen molar-refractivity contribution in [2.24, 2.45) is 0 Å². The minimum Gasteiger partial charge on any atom is -0.376 e. The van der Waals surface area contributed by atoms with Gasteiger partial charge in [-0.05, 0) is 79.3 Å². The van der Waals surface area contributed by atoms with Gasteiger partial charge in [-0.2, -0.15) is 0 Å². The second-order valence-corrected chi connectivity index (χ2v) is 8.76. The third-order valence-electron chi connectivity index (χ3n) is 7.01. The van der Waals surface area contributed by atoms with Gasteiger partial charge in [0.2, 0.25) is 0 Å². The van der Waals surface area contributed by atoms with Crippen LogP contribution in [0.25, 0.3) is 43.4 Å². The van der Waals surface area contributed by atoms with Crippen molar-refractivity contribution < 1.29 is 5.11 Å². The Morgan fingerprint density at radius 3 is 1.31 bits per heavy atom. The van der Waals surface area contributed by atoms with Crippen LogP contribution in [0.1, 0.15) is 16.7 Å². The SMILES string of the molecule is OC1(c2ccc3ccccc3c2)c2cc3ccccc3cc2-c2cc3ccccc3cc21. The van der Waals surface area contributed by atoms with E-state index in [0.29, 0.717) is 0 Å². The third kappa shape index (κ3) is 2.32. The zero-order valence-corrected chi connectivity index (χ0v) is 17.4. The molecule has 1 nitrogen and oxygen atoms in total. The first-order valence-electron chi connectivity index (χ1n) is 11.0. The quantitative estimate of drug-likeness (QED) is 0.300. The van der Waals surface area contributed by atoms with Crippen molar-refractivity contribution in [1.82, 2.24) is 0 Å². The van der Waals surface area contributed by atoms with Crippen molar-refractivity contribution in [2.75, 3.05) is 0 Å². The smallest absolute Gasteiger partial charge is 0.141 e. The molecule has 0 unspecified atom stereocenters. The Labute approximate surface area is 186 Å². The van der Waals surface area contributed by atoms with Gasteiger partial charge in [0.15, 0.2) is 0 Å². The lowest BCUT2D eigenvalue weighted by atomic mass is 9.82. The topological polar surface area (TPSA) is 20.2 Å². The van der Waals surface area contributed by atoms with Crippen LogP contribution < -0.4 is 0 Å². The van der Waals surface area contributed by atoms with E-state index in [1.807, 2.05) is 6.07 Å². The van der Waals surface area contributed by atoms with Crippen LogP contribution in [0.2, 0.25) is 0 Å². The highest BCUT2D eigenvalue weighted by molar-refractivity contribution is 5.99. The molecule has 0 aliphatic heterocycles. The molecule has 1 aliphatic carbocycles. The highest BCUT2D eigenvalue weighted by atomic mass is 16.3. The average Bonchev–Trinajstić information content (AvgIpc) is 3.09. The molecule has 6 aromatic carbocycles. The first kappa shape index (κ1) is 17.7. The van der Waals surface area contributed by atoms with Gasteiger partial charge in [0.25, 0.3) is 0 Å². The van der Waals surface area contributed by atoms with Gasteiger partial charge in [0.1, 0.15) is 5.60 Å². The Morgan fingerprint density at radius 2 is 0.812 bits per heavy atom. The van der Waals surface area contributed by atoms with Gasteiger partial charge >= 0.3 is 0 Å². The molecule has 0 heterocycles. The van der Waals surface area contributed by atoms with Crippen LogP contribution in [0.4, 0.5) is 0 Å². The molecular formula is C31H20O. The lowest BCUT2D eigenvalue weighted by Gasteiger charge is -2.27. The second-order valence-electron chi connectivity index (χ2n) is 8.76. The number of hydrogen-bond acceptors (Lipinski definition) is 1. The Balaban J connectivity index is 1.61. The van der Waals surface area contributed by atoms with E-state index in [1.54, 1.807) is 0 Å². The summed E-state index contributed by atoms with van der Waals surface area (Å²) in [5.41, 5.74) is 3.83. The van der Waals surface area contributed by atoms with E-state index in [-0.39, 0.29) is 0 Å². The summed E-state index contributed by atoms with van der Waals surface area (Å²) in [5.74, 6) is 0. The summed E-state index contributed by atoms with van der Waals surface area (Å²) in [6, 6.07) is 40.2. The summed E-state index contributed by atoms with van der Waals surface area (Å²) >= 11 is 0. The fourth-order valence-corrected chi connectivity index (χ4v) is 5.40. The number of benzene rings is 6. The molecule has 0 saturated carbocycles. The minimum absolute atomic E-state index is 0.904. The maximum atomic E-state index is 12.5. The van der Waals surface area contributed by atoms with Gasteiger partial charge < -0.3 is 5.11 Å². The number of rotatable bonds is 1. The van der Waals surface area contributed by atoms with E-state index < -0.39 is 5.60 Å². The molecule has 1 N–H and O–H groups in total. The number of fused-ring (bicyclic) bond motifs is 6. The highest BCUT2D eigenvalue weighted by Gasteiger charge is 2.43. The van der Waals surface area contributed by atoms with E-state index in [4.69, 9.17) is 0 Å². The molecule has 0 aromatic heterocycles. The summed E-state index contributed by atoms with van der Waals surface area (Å²) in [4.78, 5) is 0. The fraction of sp³-hybridized carbons (Fsp3) is 0.0323. The lowest BCUT2D eigenvalue weighted by molar-refractivity contribution is 0.131. The van der Waals surface area contributed by atoms with Crippen molar-refractivity contribution >= 4 is 32.3 Å². The molecule has 6 aromatic rings. The van der Waals surface area contributed by atoms with E-state index in [9.17, 15) is 5.11 Å². The van der Waals surface area contributed by atoms with Crippen LogP contribution in [0, 0.1) is 0 Å². The molecule has 1 heteroatoms. The van der Waals surface area contributed by atoms with Crippen LogP contribution in [-0.4, -0.2) is 5.11 Å². The van der Waals surface area contributed by atoms with E-state index >= 15 is 0 Å².